The summed E-state index contributed by atoms with van der Waals surface area (Å²) in [6.45, 7) is 4.12. The number of hydrogen-bond acceptors (Lipinski definition) is 3. The standard InChI is InChI=1S/C17H17ClN2O3S/c1-3-10-19-14-6-4-5-7-16(14)24(22,23)20(17(19)21)15-11-13(18)9-8-12(15)2/h4-9,11H,3,10H2,1-2H3. The zero-order chi connectivity index (χ0) is 17.5. The number of hydrogen-bond donors (Lipinski definition) is 0. The van der Waals surface area contributed by atoms with Crippen molar-refractivity contribution in [2.45, 2.75) is 25.2 Å². The largest absolute Gasteiger partial charge is 0.343 e. The van der Waals surface area contributed by atoms with Gasteiger partial charge in [0.1, 0.15) is 4.90 Å². The molecule has 1 aliphatic heterocycles. The van der Waals surface area contributed by atoms with Gasteiger partial charge in [-0.2, -0.15) is 4.31 Å². The minimum atomic E-state index is -3.99. The molecule has 5 nitrogen and oxygen atoms in total. The number of carbonyl (C=O) groups excluding carboxylic acids is 1. The lowest BCUT2D eigenvalue weighted by Gasteiger charge is -2.36. The van der Waals surface area contributed by atoms with Crippen LogP contribution in [0.5, 0.6) is 0 Å². The van der Waals surface area contributed by atoms with Crippen molar-refractivity contribution < 1.29 is 13.2 Å². The Morgan fingerprint density at radius 2 is 1.79 bits per heavy atom. The zero-order valence-corrected chi connectivity index (χ0v) is 14.9. The number of sulfonamides is 1. The van der Waals surface area contributed by atoms with Gasteiger partial charge in [-0.05, 0) is 43.2 Å². The fourth-order valence-corrected chi connectivity index (χ4v) is 4.60. The van der Waals surface area contributed by atoms with Crippen molar-refractivity contribution >= 4 is 39.0 Å². The molecule has 0 aliphatic carbocycles. The number of benzene rings is 2. The molecule has 0 saturated heterocycles. The minimum Gasteiger partial charge on any atom is -0.292 e. The highest BCUT2D eigenvalue weighted by atomic mass is 35.5. The van der Waals surface area contributed by atoms with Gasteiger partial charge < -0.3 is 0 Å². The summed E-state index contributed by atoms with van der Waals surface area (Å²) in [6.07, 6.45) is 0.711. The van der Waals surface area contributed by atoms with Crippen LogP contribution in [-0.2, 0) is 10.0 Å². The average molecular weight is 365 g/mol. The lowest BCUT2D eigenvalue weighted by molar-refractivity contribution is 0.253. The van der Waals surface area contributed by atoms with Crippen molar-refractivity contribution in [3.63, 3.8) is 0 Å². The molecule has 0 aromatic heterocycles. The molecular weight excluding hydrogens is 348 g/mol. The lowest BCUT2D eigenvalue weighted by Crippen LogP contribution is -2.51. The normalized spacial score (nSPS) is 16.2. The van der Waals surface area contributed by atoms with E-state index in [0.29, 0.717) is 29.2 Å². The average Bonchev–Trinajstić information content (AvgIpc) is 2.55. The first-order valence-corrected chi connectivity index (χ1v) is 9.41. The Morgan fingerprint density at radius 3 is 2.50 bits per heavy atom. The van der Waals surface area contributed by atoms with Crippen molar-refractivity contribution in [1.82, 2.24) is 0 Å². The number of amides is 2. The van der Waals surface area contributed by atoms with Gasteiger partial charge in [-0.25, -0.2) is 13.2 Å². The Bertz CT molecular complexity index is 912. The predicted molar refractivity (Wildman–Crippen MR) is 95.3 cm³/mol. The van der Waals surface area contributed by atoms with E-state index in [1.807, 2.05) is 6.92 Å². The number of urea groups is 1. The molecule has 0 unspecified atom stereocenters. The summed E-state index contributed by atoms with van der Waals surface area (Å²) in [4.78, 5) is 14.6. The van der Waals surface area contributed by atoms with Gasteiger partial charge in [0.05, 0.1) is 11.4 Å². The number of fused-ring (bicyclic) bond motifs is 1. The van der Waals surface area contributed by atoms with Crippen LogP contribution in [0.2, 0.25) is 5.02 Å². The molecule has 0 spiro atoms. The number of halogens is 1. The van der Waals surface area contributed by atoms with E-state index >= 15 is 0 Å². The smallest absolute Gasteiger partial charge is 0.292 e. The second-order valence-corrected chi connectivity index (χ2v) is 7.79. The third-order valence-corrected chi connectivity index (χ3v) is 5.89. The van der Waals surface area contributed by atoms with E-state index in [9.17, 15) is 13.2 Å². The summed E-state index contributed by atoms with van der Waals surface area (Å²) in [5.41, 5.74) is 1.36. The van der Waals surface area contributed by atoms with Gasteiger partial charge in [-0.15, -0.1) is 0 Å². The van der Waals surface area contributed by atoms with Gasteiger partial charge in [0.15, 0.2) is 0 Å². The first-order chi connectivity index (χ1) is 11.4. The third-order valence-electron chi connectivity index (χ3n) is 3.92. The van der Waals surface area contributed by atoms with Crippen LogP contribution in [0, 0.1) is 6.92 Å². The highest BCUT2D eigenvalue weighted by Crippen LogP contribution is 2.38. The van der Waals surface area contributed by atoms with E-state index in [1.54, 1.807) is 37.3 Å². The molecule has 0 saturated carbocycles. The fraction of sp³-hybridized carbons (Fsp3) is 0.235. The van der Waals surface area contributed by atoms with Gasteiger partial charge in [0, 0.05) is 11.6 Å². The molecule has 0 atom stereocenters. The van der Waals surface area contributed by atoms with E-state index in [1.165, 1.54) is 17.0 Å². The van der Waals surface area contributed by atoms with E-state index in [0.717, 1.165) is 4.31 Å². The van der Waals surface area contributed by atoms with Gasteiger partial charge in [0.2, 0.25) is 0 Å². The molecule has 126 valence electrons. The fourth-order valence-electron chi connectivity index (χ4n) is 2.79. The van der Waals surface area contributed by atoms with E-state index in [4.69, 9.17) is 11.6 Å². The number of anilines is 2. The molecule has 1 aliphatic rings. The van der Waals surface area contributed by atoms with E-state index < -0.39 is 16.1 Å². The highest BCUT2D eigenvalue weighted by Gasteiger charge is 2.42. The predicted octanol–water partition coefficient (Wildman–Crippen LogP) is 4.19. The van der Waals surface area contributed by atoms with Crippen molar-refractivity contribution in [2.75, 3.05) is 15.7 Å². The van der Waals surface area contributed by atoms with E-state index in [-0.39, 0.29) is 10.6 Å². The van der Waals surface area contributed by atoms with Gasteiger partial charge >= 0.3 is 6.03 Å². The second kappa shape index (κ2) is 6.11. The van der Waals surface area contributed by atoms with Crippen LogP contribution in [0.1, 0.15) is 18.9 Å². The molecule has 2 aromatic carbocycles. The molecule has 7 heteroatoms. The van der Waals surface area contributed by atoms with Crippen molar-refractivity contribution in [3.8, 4) is 0 Å². The Hall–Kier alpha value is -2.05. The summed E-state index contributed by atoms with van der Waals surface area (Å²) in [7, 11) is -3.99. The summed E-state index contributed by atoms with van der Waals surface area (Å²) >= 11 is 6.03. The first kappa shape index (κ1) is 16.8. The molecular formula is C17H17ClN2O3S. The van der Waals surface area contributed by atoms with E-state index in [2.05, 4.69) is 0 Å². The highest BCUT2D eigenvalue weighted by molar-refractivity contribution is 7.94. The minimum absolute atomic E-state index is 0.123. The molecule has 2 aromatic rings. The summed E-state index contributed by atoms with van der Waals surface area (Å²) < 4.78 is 27.0. The van der Waals surface area contributed by atoms with Gasteiger partial charge in [-0.1, -0.05) is 36.7 Å². The summed E-state index contributed by atoms with van der Waals surface area (Å²) in [5.74, 6) is 0. The second-order valence-electron chi connectivity index (χ2n) is 5.60. The topological polar surface area (TPSA) is 57.7 Å². The SMILES string of the molecule is CCCN1C(=O)N(c2cc(Cl)ccc2C)S(=O)(=O)c2ccccc21. The van der Waals surface area contributed by atoms with Crippen LogP contribution >= 0.6 is 11.6 Å². The Balaban J connectivity index is 2.28. The van der Waals surface area contributed by atoms with Crippen LogP contribution in [-0.4, -0.2) is 21.0 Å². The Kier molecular flexibility index (Phi) is 4.27. The molecule has 1 heterocycles. The quantitative estimate of drug-likeness (QED) is 0.820. The van der Waals surface area contributed by atoms with Gasteiger partial charge in [0.25, 0.3) is 10.0 Å². The molecule has 0 fully saturated rings. The first-order valence-electron chi connectivity index (χ1n) is 7.60. The number of nitrogens with zero attached hydrogens (tertiary/aromatic N) is 2. The number of rotatable bonds is 3. The molecule has 0 radical (unpaired) electrons. The van der Waals surface area contributed by atoms with Crippen LogP contribution in [0.25, 0.3) is 0 Å². The van der Waals surface area contributed by atoms with Crippen molar-refractivity contribution in [2.24, 2.45) is 0 Å². The Morgan fingerprint density at radius 1 is 1.08 bits per heavy atom. The van der Waals surface area contributed by atoms with Crippen molar-refractivity contribution in [3.05, 3.63) is 53.1 Å². The maximum atomic E-state index is 13.1. The molecule has 0 N–H and O–H groups in total. The maximum absolute atomic E-state index is 13.1. The van der Waals surface area contributed by atoms with Crippen molar-refractivity contribution in [1.29, 1.82) is 0 Å². The number of para-hydroxylation sites is 1. The maximum Gasteiger partial charge on any atom is 0.343 e. The number of aryl methyl sites for hydroxylation is 1. The summed E-state index contributed by atoms with van der Waals surface area (Å²) in [6, 6.07) is 10.8. The molecule has 3 rings (SSSR count). The van der Waals surface area contributed by atoms with Gasteiger partial charge in [-0.3, -0.25) is 4.90 Å². The summed E-state index contributed by atoms with van der Waals surface area (Å²) in [5, 5.41) is 0.375. The van der Waals surface area contributed by atoms with Crippen LogP contribution < -0.4 is 9.21 Å². The van der Waals surface area contributed by atoms with Crippen LogP contribution in [0.4, 0.5) is 16.2 Å². The monoisotopic (exact) mass is 364 g/mol. The van der Waals surface area contributed by atoms with Crippen LogP contribution in [0.3, 0.4) is 0 Å². The molecule has 24 heavy (non-hydrogen) atoms. The lowest BCUT2D eigenvalue weighted by atomic mass is 10.2. The number of carbonyl (C=O) groups is 1. The zero-order valence-electron chi connectivity index (χ0n) is 13.4. The van der Waals surface area contributed by atoms with Crippen LogP contribution in [0.15, 0.2) is 47.4 Å². The third kappa shape index (κ3) is 2.56. The Labute approximate surface area is 146 Å². The molecule has 2 amide bonds. The molecule has 0 bridgehead atoms.